The van der Waals surface area contributed by atoms with Crippen LogP contribution in [0.15, 0.2) is 0 Å². The summed E-state index contributed by atoms with van der Waals surface area (Å²) in [5.74, 6) is 0.769. The quantitative estimate of drug-likeness (QED) is 0.742. The molecule has 0 bridgehead atoms. The fourth-order valence-electron chi connectivity index (χ4n) is 5.38. The second-order valence-corrected chi connectivity index (χ2v) is 7.01. The molecule has 3 nitrogen and oxygen atoms in total. The maximum Gasteiger partial charge on any atom is 0.323 e. The summed E-state index contributed by atoms with van der Waals surface area (Å²) in [5, 5.41) is 0. The van der Waals surface area contributed by atoms with Gasteiger partial charge in [0.2, 0.25) is 0 Å². The van der Waals surface area contributed by atoms with Gasteiger partial charge < -0.3 is 4.74 Å². The van der Waals surface area contributed by atoms with E-state index in [9.17, 15) is 4.79 Å². The number of nitrogens with zero attached hydrogens (tertiary/aromatic N) is 1. The third-order valence-corrected chi connectivity index (χ3v) is 6.21. The molecule has 0 N–H and O–H groups in total. The zero-order valence-electron chi connectivity index (χ0n) is 13.1. The highest BCUT2D eigenvalue weighted by molar-refractivity contribution is 5.76. The fraction of sp³-hybridized carbons (Fsp3) is 0.941. The SMILES string of the molecule is CCOC(=O)[C@@H]1C[C@H]2CCC[C@@]3(CC)CCCCN1[C@@H]23. The highest BCUT2D eigenvalue weighted by Gasteiger charge is 2.55. The Labute approximate surface area is 123 Å². The van der Waals surface area contributed by atoms with Crippen LogP contribution < -0.4 is 0 Å². The molecule has 0 unspecified atom stereocenters. The molecule has 0 amide bonds. The molecule has 1 aliphatic carbocycles. The van der Waals surface area contributed by atoms with Gasteiger partial charge in [0.15, 0.2) is 0 Å². The summed E-state index contributed by atoms with van der Waals surface area (Å²) in [6.07, 6.45) is 10.3. The van der Waals surface area contributed by atoms with Crippen molar-refractivity contribution in [3.05, 3.63) is 0 Å². The Morgan fingerprint density at radius 1 is 1.25 bits per heavy atom. The van der Waals surface area contributed by atoms with Crippen LogP contribution in [0.25, 0.3) is 0 Å². The zero-order chi connectivity index (χ0) is 14.2. The van der Waals surface area contributed by atoms with Crippen molar-refractivity contribution in [1.29, 1.82) is 0 Å². The molecule has 0 aromatic rings. The average Bonchev–Trinajstić information content (AvgIpc) is 2.72. The van der Waals surface area contributed by atoms with Crippen molar-refractivity contribution in [1.82, 2.24) is 4.90 Å². The maximum absolute atomic E-state index is 12.3. The summed E-state index contributed by atoms with van der Waals surface area (Å²) in [6, 6.07) is 0.699. The van der Waals surface area contributed by atoms with E-state index < -0.39 is 0 Å². The molecular weight excluding hydrogens is 250 g/mol. The normalized spacial score (nSPS) is 41.0. The van der Waals surface area contributed by atoms with E-state index in [1.165, 1.54) is 44.9 Å². The first-order valence-electron chi connectivity index (χ1n) is 8.64. The Bertz CT molecular complexity index is 370. The molecule has 3 rings (SSSR count). The summed E-state index contributed by atoms with van der Waals surface area (Å²) in [7, 11) is 0. The molecule has 4 atom stereocenters. The Morgan fingerprint density at radius 2 is 2.05 bits per heavy atom. The van der Waals surface area contributed by atoms with Gasteiger partial charge >= 0.3 is 5.97 Å². The summed E-state index contributed by atoms with van der Waals surface area (Å²) in [5.41, 5.74) is 0.487. The van der Waals surface area contributed by atoms with Crippen molar-refractivity contribution >= 4 is 5.97 Å². The lowest BCUT2D eigenvalue weighted by Crippen LogP contribution is -2.51. The van der Waals surface area contributed by atoms with E-state index in [-0.39, 0.29) is 12.0 Å². The molecule has 114 valence electrons. The van der Waals surface area contributed by atoms with Crippen molar-refractivity contribution in [2.75, 3.05) is 13.2 Å². The van der Waals surface area contributed by atoms with Gasteiger partial charge in [-0.2, -0.15) is 0 Å². The number of carbonyl (C=O) groups is 1. The van der Waals surface area contributed by atoms with E-state index in [1.54, 1.807) is 0 Å². The van der Waals surface area contributed by atoms with Crippen LogP contribution >= 0.6 is 0 Å². The van der Waals surface area contributed by atoms with Crippen LogP contribution in [0, 0.1) is 11.3 Å². The number of carbonyl (C=O) groups excluding carboxylic acids is 1. The standard InChI is InChI=1S/C17H29NO2/c1-3-17-9-5-6-11-18-14(16(19)20-4-2)12-13(15(17)18)8-7-10-17/h13-15H,3-12H2,1-2H3/t13-,14+,15+,17-/m1/s1. The van der Waals surface area contributed by atoms with Gasteiger partial charge in [-0.25, -0.2) is 0 Å². The van der Waals surface area contributed by atoms with Crippen LogP contribution in [0.4, 0.5) is 0 Å². The lowest BCUT2D eigenvalue weighted by molar-refractivity contribution is -0.149. The third kappa shape index (κ3) is 2.18. The summed E-state index contributed by atoms with van der Waals surface area (Å²) >= 11 is 0. The Balaban J connectivity index is 1.89. The first kappa shape index (κ1) is 14.4. The third-order valence-electron chi connectivity index (χ3n) is 6.21. The molecular formula is C17H29NO2. The minimum Gasteiger partial charge on any atom is -0.465 e. The Kier molecular flexibility index (Phi) is 4.07. The predicted octanol–water partition coefficient (Wildman–Crippen LogP) is 3.37. The first-order valence-corrected chi connectivity index (χ1v) is 8.64. The van der Waals surface area contributed by atoms with E-state index in [1.807, 2.05) is 6.92 Å². The van der Waals surface area contributed by atoms with E-state index >= 15 is 0 Å². The van der Waals surface area contributed by atoms with Gasteiger partial charge in [-0.3, -0.25) is 9.69 Å². The molecule has 0 radical (unpaired) electrons. The summed E-state index contributed by atoms with van der Waals surface area (Å²) in [4.78, 5) is 14.9. The van der Waals surface area contributed by atoms with E-state index in [0.29, 0.717) is 18.1 Å². The number of esters is 1. The van der Waals surface area contributed by atoms with E-state index in [2.05, 4.69) is 11.8 Å². The van der Waals surface area contributed by atoms with Crippen LogP contribution in [0.2, 0.25) is 0 Å². The molecule has 2 saturated heterocycles. The van der Waals surface area contributed by atoms with Gasteiger partial charge in [0.1, 0.15) is 6.04 Å². The zero-order valence-corrected chi connectivity index (χ0v) is 13.1. The molecule has 2 heterocycles. The molecule has 3 fully saturated rings. The Morgan fingerprint density at radius 3 is 2.80 bits per heavy atom. The van der Waals surface area contributed by atoms with Gasteiger partial charge in [0.05, 0.1) is 6.61 Å². The van der Waals surface area contributed by atoms with Crippen molar-refractivity contribution in [2.45, 2.75) is 77.3 Å². The molecule has 0 aromatic carbocycles. The number of hydrogen-bond acceptors (Lipinski definition) is 3. The minimum atomic E-state index is 0.0359. The molecule has 0 spiro atoms. The number of ether oxygens (including phenoxy) is 1. The number of hydrogen-bond donors (Lipinski definition) is 0. The van der Waals surface area contributed by atoms with Crippen LogP contribution in [0.3, 0.4) is 0 Å². The molecule has 2 aliphatic heterocycles. The molecule has 1 saturated carbocycles. The fourth-order valence-corrected chi connectivity index (χ4v) is 5.38. The van der Waals surface area contributed by atoms with Crippen LogP contribution in [-0.4, -0.2) is 36.1 Å². The van der Waals surface area contributed by atoms with Gasteiger partial charge in [0, 0.05) is 6.04 Å². The highest BCUT2D eigenvalue weighted by Crippen LogP contribution is 2.54. The van der Waals surface area contributed by atoms with Crippen molar-refractivity contribution in [3.63, 3.8) is 0 Å². The molecule has 3 heteroatoms. The predicted molar refractivity (Wildman–Crippen MR) is 79.4 cm³/mol. The van der Waals surface area contributed by atoms with Gasteiger partial charge in [-0.15, -0.1) is 0 Å². The molecule has 20 heavy (non-hydrogen) atoms. The monoisotopic (exact) mass is 279 g/mol. The lowest BCUT2D eigenvalue weighted by Gasteiger charge is -2.47. The van der Waals surface area contributed by atoms with Crippen LogP contribution in [0.5, 0.6) is 0 Å². The first-order chi connectivity index (χ1) is 9.72. The average molecular weight is 279 g/mol. The lowest BCUT2D eigenvalue weighted by atomic mass is 9.63. The van der Waals surface area contributed by atoms with E-state index in [4.69, 9.17) is 4.74 Å². The van der Waals surface area contributed by atoms with E-state index in [0.717, 1.165) is 18.9 Å². The smallest absolute Gasteiger partial charge is 0.323 e. The number of rotatable bonds is 3. The molecule has 0 aromatic heterocycles. The second kappa shape index (κ2) is 5.67. The summed E-state index contributed by atoms with van der Waals surface area (Å²) < 4.78 is 5.35. The highest BCUT2D eigenvalue weighted by atomic mass is 16.5. The molecule has 3 aliphatic rings. The van der Waals surface area contributed by atoms with Gasteiger partial charge in [0.25, 0.3) is 0 Å². The van der Waals surface area contributed by atoms with Gasteiger partial charge in [-0.05, 0) is 63.3 Å². The van der Waals surface area contributed by atoms with Crippen molar-refractivity contribution < 1.29 is 9.53 Å². The Hall–Kier alpha value is -0.570. The van der Waals surface area contributed by atoms with Crippen LogP contribution in [0.1, 0.15) is 65.2 Å². The van der Waals surface area contributed by atoms with Gasteiger partial charge in [-0.1, -0.05) is 19.8 Å². The van der Waals surface area contributed by atoms with Crippen LogP contribution in [-0.2, 0) is 9.53 Å². The topological polar surface area (TPSA) is 29.5 Å². The van der Waals surface area contributed by atoms with Crippen molar-refractivity contribution in [3.8, 4) is 0 Å². The minimum absolute atomic E-state index is 0.0359. The summed E-state index contributed by atoms with van der Waals surface area (Å²) in [6.45, 7) is 5.89. The largest absolute Gasteiger partial charge is 0.465 e. The second-order valence-electron chi connectivity index (χ2n) is 7.01. The maximum atomic E-state index is 12.3. The van der Waals surface area contributed by atoms with Crippen molar-refractivity contribution in [2.24, 2.45) is 11.3 Å².